The standard InChI is InChI=1S/C16H20F2N4OS/c1-22-7-5-13(15(22)10-3-4-11(17)12(18)9-10)19-16-20-14(21-24-16)6-8-23-2/h3-4,9,13,15H,5-8H2,1-2H3,(H,19,20,21). The first-order valence-electron chi connectivity index (χ1n) is 7.81. The molecule has 2 atom stereocenters. The molecule has 0 radical (unpaired) electrons. The highest BCUT2D eigenvalue weighted by Crippen LogP contribution is 2.34. The lowest BCUT2D eigenvalue weighted by Crippen LogP contribution is -2.29. The number of nitrogens with zero attached hydrogens (tertiary/aromatic N) is 3. The van der Waals surface area contributed by atoms with Gasteiger partial charge in [0.25, 0.3) is 0 Å². The first-order chi connectivity index (χ1) is 11.6. The molecule has 0 bridgehead atoms. The molecule has 1 N–H and O–H groups in total. The van der Waals surface area contributed by atoms with Crippen LogP contribution in [0.2, 0.25) is 0 Å². The lowest BCUT2D eigenvalue weighted by atomic mass is 10.00. The number of likely N-dealkylation sites (N-methyl/N-ethyl adjacent to an activating group) is 1. The van der Waals surface area contributed by atoms with Gasteiger partial charge in [0.1, 0.15) is 5.82 Å². The molecule has 0 amide bonds. The summed E-state index contributed by atoms with van der Waals surface area (Å²) in [6.45, 7) is 1.45. The molecule has 0 saturated carbocycles. The number of rotatable bonds is 6. The molecule has 130 valence electrons. The number of hydrogen-bond acceptors (Lipinski definition) is 6. The van der Waals surface area contributed by atoms with Crippen LogP contribution in [-0.4, -0.2) is 47.6 Å². The van der Waals surface area contributed by atoms with Crippen LogP contribution in [0, 0.1) is 11.6 Å². The predicted octanol–water partition coefficient (Wildman–Crippen LogP) is 2.86. The molecule has 1 aromatic carbocycles. The largest absolute Gasteiger partial charge is 0.384 e. The van der Waals surface area contributed by atoms with Crippen LogP contribution < -0.4 is 5.32 Å². The number of nitrogens with one attached hydrogen (secondary N) is 1. The van der Waals surface area contributed by atoms with Crippen molar-refractivity contribution in [1.82, 2.24) is 14.3 Å². The van der Waals surface area contributed by atoms with E-state index in [0.717, 1.165) is 29.5 Å². The van der Waals surface area contributed by atoms with E-state index in [1.165, 1.54) is 23.7 Å². The number of aromatic nitrogens is 2. The van der Waals surface area contributed by atoms with E-state index in [1.807, 2.05) is 7.05 Å². The van der Waals surface area contributed by atoms with Crippen LogP contribution in [-0.2, 0) is 11.2 Å². The topological polar surface area (TPSA) is 50.3 Å². The number of anilines is 1. The summed E-state index contributed by atoms with van der Waals surface area (Å²) in [5, 5.41) is 4.14. The lowest BCUT2D eigenvalue weighted by molar-refractivity contribution is 0.201. The van der Waals surface area contributed by atoms with Gasteiger partial charge >= 0.3 is 0 Å². The second-order valence-corrected chi connectivity index (χ2v) is 6.65. The zero-order chi connectivity index (χ0) is 17.1. The zero-order valence-electron chi connectivity index (χ0n) is 13.6. The van der Waals surface area contributed by atoms with Gasteiger partial charge in [0.2, 0.25) is 5.13 Å². The third kappa shape index (κ3) is 3.71. The van der Waals surface area contributed by atoms with Crippen molar-refractivity contribution in [2.75, 3.05) is 32.6 Å². The van der Waals surface area contributed by atoms with Gasteiger partial charge in [-0.1, -0.05) is 6.07 Å². The minimum atomic E-state index is -0.823. The maximum absolute atomic E-state index is 13.6. The van der Waals surface area contributed by atoms with Crippen LogP contribution in [0.4, 0.5) is 13.9 Å². The van der Waals surface area contributed by atoms with Gasteiger partial charge in [-0.2, -0.15) is 4.37 Å². The summed E-state index contributed by atoms with van der Waals surface area (Å²) in [6, 6.07) is 4.14. The number of halogens is 2. The smallest absolute Gasteiger partial charge is 0.202 e. The van der Waals surface area contributed by atoms with Crippen LogP contribution in [0.3, 0.4) is 0 Å². The van der Waals surface area contributed by atoms with Gasteiger partial charge < -0.3 is 10.1 Å². The molecule has 0 spiro atoms. The van der Waals surface area contributed by atoms with Crippen molar-refractivity contribution in [3.8, 4) is 0 Å². The molecule has 5 nitrogen and oxygen atoms in total. The highest BCUT2D eigenvalue weighted by molar-refractivity contribution is 7.09. The Morgan fingerprint density at radius 2 is 2.21 bits per heavy atom. The average molecular weight is 354 g/mol. The molecule has 1 aromatic heterocycles. The van der Waals surface area contributed by atoms with Gasteiger partial charge in [0.05, 0.1) is 12.6 Å². The number of ether oxygens (including phenoxy) is 1. The van der Waals surface area contributed by atoms with Crippen LogP contribution in [0.15, 0.2) is 18.2 Å². The second kappa shape index (κ2) is 7.50. The van der Waals surface area contributed by atoms with Gasteiger partial charge in [-0.25, -0.2) is 13.8 Å². The van der Waals surface area contributed by atoms with Crippen LogP contribution in [0.5, 0.6) is 0 Å². The first kappa shape index (κ1) is 17.2. The number of hydrogen-bond donors (Lipinski definition) is 1. The molecule has 2 heterocycles. The Balaban J connectivity index is 1.74. The van der Waals surface area contributed by atoms with E-state index in [2.05, 4.69) is 19.6 Å². The van der Waals surface area contributed by atoms with Gasteiger partial charge in [0.15, 0.2) is 11.6 Å². The third-order valence-corrected chi connectivity index (χ3v) is 4.92. The number of methoxy groups -OCH3 is 1. The van der Waals surface area contributed by atoms with Crippen molar-refractivity contribution in [2.24, 2.45) is 0 Å². The molecule has 2 unspecified atom stereocenters. The lowest BCUT2D eigenvalue weighted by Gasteiger charge is -2.26. The van der Waals surface area contributed by atoms with Crippen molar-refractivity contribution in [3.05, 3.63) is 41.2 Å². The first-order valence-corrected chi connectivity index (χ1v) is 8.59. The maximum Gasteiger partial charge on any atom is 0.202 e. The maximum atomic E-state index is 13.6. The summed E-state index contributed by atoms with van der Waals surface area (Å²) in [6.07, 6.45) is 1.57. The van der Waals surface area contributed by atoms with Gasteiger partial charge in [-0.3, -0.25) is 4.90 Å². The molecule has 8 heteroatoms. The minimum absolute atomic E-state index is 0.0357. The average Bonchev–Trinajstić information content (AvgIpc) is 3.15. The van der Waals surface area contributed by atoms with E-state index in [1.54, 1.807) is 13.2 Å². The van der Waals surface area contributed by atoms with Gasteiger partial charge in [0, 0.05) is 37.6 Å². The van der Waals surface area contributed by atoms with E-state index >= 15 is 0 Å². The SMILES string of the molecule is COCCc1nsc(NC2CCN(C)C2c2ccc(F)c(F)c2)n1. The molecular formula is C16H20F2N4OS. The zero-order valence-corrected chi connectivity index (χ0v) is 14.4. The molecule has 24 heavy (non-hydrogen) atoms. The highest BCUT2D eigenvalue weighted by atomic mass is 32.1. The monoisotopic (exact) mass is 354 g/mol. The molecule has 0 aliphatic carbocycles. The molecule has 1 aliphatic heterocycles. The fourth-order valence-electron chi connectivity index (χ4n) is 3.05. The Bertz CT molecular complexity index is 696. The molecule has 1 fully saturated rings. The molecular weight excluding hydrogens is 334 g/mol. The summed E-state index contributed by atoms with van der Waals surface area (Å²) in [4.78, 5) is 6.60. The van der Waals surface area contributed by atoms with Crippen molar-refractivity contribution < 1.29 is 13.5 Å². The summed E-state index contributed by atoms with van der Waals surface area (Å²) >= 11 is 1.31. The van der Waals surface area contributed by atoms with Crippen molar-refractivity contribution in [1.29, 1.82) is 0 Å². The predicted molar refractivity (Wildman–Crippen MR) is 89.2 cm³/mol. The fourth-order valence-corrected chi connectivity index (χ4v) is 3.72. The Morgan fingerprint density at radius 3 is 2.96 bits per heavy atom. The van der Waals surface area contributed by atoms with E-state index in [9.17, 15) is 8.78 Å². The van der Waals surface area contributed by atoms with Crippen molar-refractivity contribution >= 4 is 16.7 Å². The minimum Gasteiger partial charge on any atom is -0.384 e. The van der Waals surface area contributed by atoms with Crippen molar-refractivity contribution in [2.45, 2.75) is 24.9 Å². The van der Waals surface area contributed by atoms with E-state index in [-0.39, 0.29) is 12.1 Å². The summed E-state index contributed by atoms with van der Waals surface area (Å²) in [7, 11) is 3.63. The summed E-state index contributed by atoms with van der Waals surface area (Å²) in [5.41, 5.74) is 0.760. The molecule has 2 aromatic rings. The Morgan fingerprint density at radius 1 is 1.38 bits per heavy atom. The van der Waals surface area contributed by atoms with Gasteiger partial charge in [-0.15, -0.1) is 0 Å². The Hall–Kier alpha value is -1.64. The van der Waals surface area contributed by atoms with Crippen molar-refractivity contribution in [3.63, 3.8) is 0 Å². The quantitative estimate of drug-likeness (QED) is 0.864. The summed E-state index contributed by atoms with van der Waals surface area (Å²) < 4.78 is 36.1. The highest BCUT2D eigenvalue weighted by Gasteiger charge is 2.34. The number of likely N-dealkylation sites (tertiary alicyclic amines) is 1. The van der Waals surface area contributed by atoms with E-state index < -0.39 is 11.6 Å². The summed E-state index contributed by atoms with van der Waals surface area (Å²) in [5.74, 6) is -0.889. The number of benzene rings is 1. The Kier molecular flexibility index (Phi) is 5.37. The third-order valence-electron chi connectivity index (χ3n) is 4.24. The van der Waals surface area contributed by atoms with Crippen LogP contribution >= 0.6 is 11.5 Å². The van der Waals surface area contributed by atoms with Crippen LogP contribution in [0.25, 0.3) is 0 Å². The normalized spacial score (nSPS) is 21.3. The van der Waals surface area contributed by atoms with E-state index in [0.29, 0.717) is 13.0 Å². The van der Waals surface area contributed by atoms with Crippen LogP contribution in [0.1, 0.15) is 23.9 Å². The Labute approximate surface area is 143 Å². The molecule has 3 rings (SSSR count). The van der Waals surface area contributed by atoms with Gasteiger partial charge in [-0.05, 0) is 31.2 Å². The molecule has 1 saturated heterocycles. The molecule has 1 aliphatic rings. The second-order valence-electron chi connectivity index (χ2n) is 5.90. The fraction of sp³-hybridized carbons (Fsp3) is 0.500. The van der Waals surface area contributed by atoms with E-state index in [4.69, 9.17) is 4.74 Å².